The van der Waals surface area contributed by atoms with Crippen molar-refractivity contribution in [1.82, 2.24) is 9.80 Å². The first-order valence-corrected chi connectivity index (χ1v) is 9.76. The predicted octanol–water partition coefficient (Wildman–Crippen LogP) is 1.43. The van der Waals surface area contributed by atoms with Crippen LogP contribution >= 0.6 is 0 Å². The van der Waals surface area contributed by atoms with Gasteiger partial charge in [-0.2, -0.15) is 0 Å². The molecule has 3 aliphatic heterocycles. The lowest BCUT2D eigenvalue weighted by molar-refractivity contribution is -0.144. The van der Waals surface area contributed by atoms with E-state index in [0.29, 0.717) is 43.4 Å². The molecule has 3 heterocycles. The van der Waals surface area contributed by atoms with Gasteiger partial charge in [0.2, 0.25) is 13.6 Å². The Morgan fingerprint density at radius 2 is 1.43 bits per heavy atom. The number of carbonyl (C=O) groups is 2. The van der Waals surface area contributed by atoms with Crippen molar-refractivity contribution in [1.29, 1.82) is 0 Å². The van der Waals surface area contributed by atoms with E-state index in [9.17, 15) is 9.59 Å². The van der Waals surface area contributed by atoms with Crippen LogP contribution in [-0.2, 0) is 16.1 Å². The van der Waals surface area contributed by atoms with Crippen LogP contribution in [0.3, 0.4) is 0 Å². The zero-order valence-corrected chi connectivity index (χ0v) is 16.3. The average molecular weight is 411 g/mol. The molecule has 2 aromatic carbocycles. The Kier molecular flexibility index (Phi) is 4.80. The highest BCUT2D eigenvalue weighted by Gasteiger charge is 2.27. The first kappa shape index (κ1) is 18.6. The quantitative estimate of drug-likeness (QED) is 0.765. The zero-order chi connectivity index (χ0) is 20.5. The molecule has 0 atom stereocenters. The molecule has 156 valence electrons. The number of hydrogen-bond acceptors (Lipinski definition) is 7. The normalized spacial score (nSPS) is 17.1. The molecule has 9 heteroatoms. The standard InChI is InChI=1S/C21H21N3O6/c25-20(22-15-2-4-17-19(10-15)30-13-28-17)21(26)24-7-5-23(6-8-24)11-14-1-3-16-18(9-14)29-12-27-16/h1-4,9-10H,5-8,11-13H2,(H,22,25). The highest BCUT2D eigenvalue weighted by atomic mass is 16.7. The zero-order valence-electron chi connectivity index (χ0n) is 16.3. The van der Waals surface area contributed by atoms with Crippen LogP contribution in [0.25, 0.3) is 0 Å². The second kappa shape index (κ2) is 7.75. The molecule has 3 aliphatic rings. The number of anilines is 1. The van der Waals surface area contributed by atoms with Crippen molar-refractivity contribution in [2.75, 3.05) is 45.1 Å². The third-order valence-electron chi connectivity index (χ3n) is 5.33. The van der Waals surface area contributed by atoms with Gasteiger partial charge in [-0.05, 0) is 29.8 Å². The van der Waals surface area contributed by atoms with Gasteiger partial charge in [0.25, 0.3) is 0 Å². The van der Waals surface area contributed by atoms with Crippen molar-refractivity contribution >= 4 is 17.5 Å². The topological polar surface area (TPSA) is 89.6 Å². The second-order valence-electron chi connectivity index (χ2n) is 7.28. The number of fused-ring (bicyclic) bond motifs is 2. The summed E-state index contributed by atoms with van der Waals surface area (Å²) in [6.07, 6.45) is 0. The van der Waals surface area contributed by atoms with Crippen LogP contribution in [-0.4, -0.2) is 61.4 Å². The van der Waals surface area contributed by atoms with Gasteiger partial charge in [0.05, 0.1) is 0 Å². The molecule has 1 N–H and O–H groups in total. The molecular formula is C21H21N3O6. The summed E-state index contributed by atoms with van der Waals surface area (Å²) in [4.78, 5) is 28.7. The maximum absolute atomic E-state index is 12.5. The molecule has 5 rings (SSSR count). The molecule has 0 saturated carbocycles. The summed E-state index contributed by atoms with van der Waals surface area (Å²) in [5.74, 6) is 1.52. The number of benzene rings is 2. The summed E-state index contributed by atoms with van der Waals surface area (Å²) >= 11 is 0. The van der Waals surface area contributed by atoms with E-state index >= 15 is 0 Å². The molecule has 30 heavy (non-hydrogen) atoms. The first-order valence-electron chi connectivity index (χ1n) is 9.76. The number of piperazine rings is 1. The van der Waals surface area contributed by atoms with E-state index in [1.807, 2.05) is 18.2 Å². The van der Waals surface area contributed by atoms with Crippen molar-refractivity contribution in [3.8, 4) is 23.0 Å². The highest BCUT2D eigenvalue weighted by Crippen LogP contribution is 2.34. The maximum Gasteiger partial charge on any atom is 0.313 e. The molecule has 0 spiro atoms. The van der Waals surface area contributed by atoms with Gasteiger partial charge in [-0.3, -0.25) is 14.5 Å². The maximum atomic E-state index is 12.5. The van der Waals surface area contributed by atoms with E-state index in [-0.39, 0.29) is 13.6 Å². The summed E-state index contributed by atoms with van der Waals surface area (Å²) in [5.41, 5.74) is 1.62. The van der Waals surface area contributed by atoms with Gasteiger partial charge in [0, 0.05) is 44.5 Å². The smallest absolute Gasteiger partial charge is 0.313 e. The number of nitrogens with one attached hydrogen (secondary N) is 1. The Morgan fingerprint density at radius 3 is 2.17 bits per heavy atom. The third-order valence-corrected chi connectivity index (χ3v) is 5.33. The fourth-order valence-electron chi connectivity index (χ4n) is 3.71. The number of ether oxygens (including phenoxy) is 4. The lowest BCUT2D eigenvalue weighted by Crippen LogP contribution is -2.51. The molecule has 2 amide bonds. The molecule has 0 bridgehead atoms. The fourth-order valence-corrected chi connectivity index (χ4v) is 3.71. The fraction of sp³-hybridized carbons (Fsp3) is 0.333. The van der Waals surface area contributed by atoms with E-state index in [1.54, 1.807) is 23.1 Å². The highest BCUT2D eigenvalue weighted by molar-refractivity contribution is 6.39. The molecule has 2 aromatic rings. The lowest BCUT2D eigenvalue weighted by Gasteiger charge is -2.34. The summed E-state index contributed by atoms with van der Waals surface area (Å²) in [6, 6.07) is 11.0. The van der Waals surface area contributed by atoms with Crippen LogP contribution in [0.15, 0.2) is 36.4 Å². The predicted molar refractivity (Wildman–Crippen MR) is 106 cm³/mol. The van der Waals surface area contributed by atoms with Gasteiger partial charge in [0.1, 0.15) is 0 Å². The van der Waals surface area contributed by atoms with E-state index in [1.165, 1.54) is 0 Å². The summed E-state index contributed by atoms with van der Waals surface area (Å²) in [7, 11) is 0. The van der Waals surface area contributed by atoms with Crippen LogP contribution in [0, 0.1) is 0 Å². The van der Waals surface area contributed by atoms with Crippen LogP contribution < -0.4 is 24.3 Å². The number of nitrogens with zero attached hydrogens (tertiary/aromatic N) is 2. The first-order chi connectivity index (χ1) is 14.7. The Labute approximate surface area is 173 Å². The van der Waals surface area contributed by atoms with Crippen molar-refractivity contribution in [2.24, 2.45) is 0 Å². The Balaban J connectivity index is 1.13. The molecule has 0 aliphatic carbocycles. The Bertz CT molecular complexity index is 987. The van der Waals surface area contributed by atoms with Gasteiger partial charge in [0.15, 0.2) is 23.0 Å². The molecule has 9 nitrogen and oxygen atoms in total. The molecular weight excluding hydrogens is 390 g/mol. The van der Waals surface area contributed by atoms with Gasteiger partial charge < -0.3 is 29.2 Å². The van der Waals surface area contributed by atoms with Crippen molar-refractivity contribution in [3.05, 3.63) is 42.0 Å². The minimum absolute atomic E-state index is 0.155. The van der Waals surface area contributed by atoms with Gasteiger partial charge in [-0.25, -0.2) is 0 Å². The van der Waals surface area contributed by atoms with Crippen molar-refractivity contribution in [3.63, 3.8) is 0 Å². The third kappa shape index (κ3) is 3.71. The van der Waals surface area contributed by atoms with Gasteiger partial charge >= 0.3 is 11.8 Å². The SMILES string of the molecule is O=C(Nc1ccc2c(c1)OCO2)C(=O)N1CCN(Cc2ccc3c(c2)OCO3)CC1. The monoisotopic (exact) mass is 411 g/mol. The summed E-state index contributed by atoms with van der Waals surface area (Å²) in [5, 5.41) is 2.64. The average Bonchev–Trinajstić information content (AvgIpc) is 3.42. The van der Waals surface area contributed by atoms with Crippen molar-refractivity contribution < 1.29 is 28.5 Å². The van der Waals surface area contributed by atoms with Gasteiger partial charge in [-0.1, -0.05) is 6.07 Å². The summed E-state index contributed by atoms with van der Waals surface area (Å²) in [6.45, 7) is 3.54. The van der Waals surface area contributed by atoms with E-state index in [2.05, 4.69) is 10.2 Å². The Morgan fingerprint density at radius 1 is 0.800 bits per heavy atom. The van der Waals surface area contributed by atoms with E-state index in [0.717, 1.165) is 23.6 Å². The van der Waals surface area contributed by atoms with Crippen LogP contribution in [0.2, 0.25) is 0 Å². The second-order valence-corrected chi connectivity index (χ2v) is 7.28. The Hall–Kier alpha value is -3.46. The van der Waals surface area contributed by atoms with E-state index < -0.39 is 11.8 Å². The summed E-state index contributed by atoms with van der Waals surface area (Å²) < 4.78 is 21.3. The number of carbonyl (C=O) groups excluding carboxylic acids is 2. The molecule has 1 fully saturated rings. The van der Waals surface area contributed by atoms with Crippen LogP contribution in [0.5, 0.6) is 23.0 Å². The van der Waals surface area contributed by atoms with E-state index in [4.69, 9.17) is 18.9 Å². The lowest BCUT2D eigenvalue weighted by atomic mass is 10.1. The van der Waals surface area contributed by atoms with Crippen molar-refractivity contribution in [2.45, 2.75) is 6.54 Å². The van der Waals surface area contributed by atoms with Gasteiger partial charge in [-0.15, -0.1) is 0 Å². The molecule has 0 unspecified atom stereocenters. The van der Waals surface area contributed by atoms with Crippen LogP contribution in [0.1, 0.15) is 5.56 Å². The van der Waals surface area contributed by atoms with Crippen LogP contribution in [0.4, 0.5) is 5.69 Å². The minimum atomic E-state index is -0.655. The molecule has 1 saturated heterocycles. The number of amides is 2. The number of hydrogen-bond donors (Lipinski definition) is 1. The largest absolute Gasteiger partial charge is 0.454 e. The molecule has 0 radical (unpaired) electrons. The minimum Gasteiger partial charge on any atom is -0.454 e. The number of rotatable bonds is 3. The molecule has 0 aromatic heterocycles.